The topological polar surface area (TPSA) is 58.2 Å². The normalized spacial score (nSPS) is 10.6. The zero-order chi connectivity index (χ0) is 15.9. The second-order valence-electron chi connectivity index (χ2n) is 4.40. The van der Waals surface area contributed by atoms with E-state index in [1.807, 2.05) is 19.1 Å². The van der Waals surface area contributed by atoms with E-state index in [1.54, 1.807) is 41.7 Å². The lowest BCUT2D eigenvalue weighted by Gasteiger charge is -2.05. The van der Waals surface area contributed by atoms with Crippen molar-refractivity contribution in [3.05, 3.63) is 56.7 Å². The summed E-state index contributed by atoms with van der Waals surface area (Å²) in [5.74, 6) is -0.393. The van der Waals surface area contributed by atoms with Gasteiger partial charge in [0.1, 0.15) is 0 Å². The highest BCUT2D eigenvalue weighted by atomic mass is 79.9. The fraction of sp³-hybridized carbons (Fsp3) is 0.125. The van der Waals surface area contributed by atoms with Crippen LogP contribution in [0.3, 0.4) is 0 Å². The van der Waals surface area contributed by atoms with E-state index in [4.69, 9.17) is 0 Å². The number of carbonyl (C=O) groups is 2. The molecule has 0 aliphatic heterocycles. The van der Waals surface area contributed by atoms with Gasteiger partial charge in [0.05, 0.1) is 3.79 Å². The lowest BCUT2D eigenvalue weighted by atomic mass is 10.2. The third kappa shape index (κ3) is 4.82. The summed E-state index contributed by atoms with van der Waals surface area (Å²) in [5, 5.41) is 5.47. The van der Waals surface area contributed by atoms with Crippen LogP contribution in [0, 0.1) is 0 Å². The van der Waals surface area contributed by atoms with Gasteiger partial charge < -0.3 is 10.6 Å². The number of nitrogens with one attached hydrogen (secondary N) is 2. The molecule has 0 bridgehead atoms. The van der Waals surface area contributed by atoms with Gasteiger partial charge in [0.25, 0.3) is 5.91 Å². The SMILES string of the molecule is CCNC(=O)c1cccc(NC(=O)/C=C/c2ccc(Br)s2)c1. The van der Waals surface area contributed by atoms with Crippen molar-refractivity contribution < 1.29 is 9.59 Å². The zero-order valence-corrected chi connectivity index (χ0v) is 14.3. The lowest BCUT2D eigenvalue weighted by Crippen LogP contribution is -2.22. The van der Waals surface area contributed by atoms with Crippen molar-refractivity contribution in [2.24, 2.45) is 0 Å². The van der Waals surface area contributed by atoms with Gasteiger partial charge in [-0.25, -0.2) is 0 Å². The van der Waals surface area contributed by atoms with Gasteiger partial charge in [-0.15, -0.1) is 11.3 Å². The molecule has 0 aliphatic rings. The van der Waals surface area contributed by atoms with Crippen LogP contribution in [0.15, 0.2) is 46.3 Å². The average molecular weight is 379 g/mol. The van der Waals surface area contributed by atoms with E-state index in [1.165, 1.54) is 6.08 Å². The van der Waals surface area contributed by atoms with Crippen LogP contribution < -0.4 is 10.6 Å². The Morgan fingerprint density at radius 1 is 1.27 bits per heavy atom. The van der Waals surface area contributed by atoms with Gasteiger partial charge in [-0.3, -0.25) is 9.59 Å². The largest absolute Gasteiger partial charge is 0.352 e. The Morgan fingerprint density at radius 3 is 2.77 bits per heavy atom. The van der Waals surface area contributed by atoms with Gasteiger partial charge in [0, 0.05) is 28.7 Å². The van der Waals surface area contributed by atoms with Crippen LogP contribution in [-0.4, -0.2) is 18.4 Å². The number of halogens is 1. The van der Waals surface area contributed by atoms with Gasteiger partial charge in [0.15, 0.2) is 0 Å². The van der Waals surface area contributed by atoms with Crippen LogP contribution in [-0.2, 0) is 4.79 Å². The first-order chi connectivity index (χ1) is 10.6. The van der Waals surface area contributed by atoms with Gasteiger partial charge in [-0.1, -0.05) is 6.07 Å². The number of rotatable bonds is 5. The minimum absolute atomic E-state index is 0.155. The second kappa shape index (κ2) is 7.91. The monoisotopic (exact) mass is 378 g/mol. The van der Waals surface area contributed by atoms with E-state index < -0.39 is 0 Å². The molecule has 2 amide bonds. The summed E-state index contributed by atoms with van der Waals surface area (Å²) in [6.45, 7) is 2.42. The summed E-state index contributed by atoms with van der Waals surface area (Å²) in [6, 6.07) is 10.7. The predicted molar refractivity (Wildman–Crippen MR) is 94.1 cm³/mol. The molecule has 0 aliphatic carbocycles. The first kappa shape index (κ1) is 16.5. The minimum Gasteiger partial charge on any atom is -0.352 e. The Hall–Kier alpha value is -1.92. The fourth-order valence-corrected chi connectivity index (χ4v) is 3.09. The number of benzene rings is 1. The fourth-order valence-electron chi connectivity index (χ4n) is 1.76. The predicted octanol–water partition coefficient (Wildman–Crippen LogP) is 3.91. The van der Waals surface area contributed by atoms with E-state index in [0.717, 1.165) is 8.66 Å². The molecule has 0 radical (unpaired) electrons. The zero-order valence-electron chi connectivity index (χ0n) is 11.9. The smallest absolute Gasteiger partial charge is 0.251 e. The molecule has 22 heavy (non-hydrogen) atoms. The highest BCUT2D eigenvalue weighted by Gasteiger charge is 2.05. The molecule has 1 aromatic heterocycles. The number of hydrogen-bond acceptors (Lipinski definition) is 3. The lowest BCUT2D eigenvalue weighted by molar-refractivity contribution is -0.111. The minimum atomic E-state index is -0.238. The van der Waals surface area contributed by atoms with Crippen molar-refractivity contribution in [3.8, 4) is 0 Å². The van der Waals surface area contributed by atoms with Crippen LogP contribution in [0.5, 0.6) is 0 Å². The number of hydrogen-bond donors (Lipinski definition) is 2. The summed E-state index contributed by atoms with van der Waals surface area (Å²) in [4.78, 5) is 24.6. The quantitative estimate of drug-likeness (QED) is 0.774. The molecule has 2 N–H and O–H groups in total. The van der Waals surface area contributed by atoms with E-state index in [9.17, 15) is 9.59 Å². The number of thiophene rings is 1. The van der Waals surface area contributed by atoms with Gasteiger partial charge in [-0.05, 0) is 59.3 Å². The van der Waals surface area contributed by atoms with Crippen LogP contribution >= 0.6 is 27.3 Å². The third-order valence-corrected chi connectivity index (χ3v) is 4.31. The van der Waals surface area contributed by atoms with Crippen LogP contribution in [0.2, 0.25) is 0 Å². The maximum absolute atomic E-state index is 11.9. The van der Waals surface area contributed by atoms with E-state index in [-0.39, 0.29) is 11.8 Å². The van der Waals surface area contributed by atoms with Crippen molar-refractivity contribution in [3.63, 3.8) is 0 Å². The summed E-state index contributed by atoms with van der Waals surface area (Å²) in [7, 11) is 0. The standard InChI is InChI=1S/C16H15BrN2O2S/c1-2-18-16(21)11-4-3-5-12(10-11)19-15(20)9-7-13-6-8-14(17)22-13/h3-10H,2H2,1H3,(H,18,21)(H,19,20)/b9-7+. The summed E-state index contributed by atoms with van der Waals surface area (Å²) >= 11 is 4.92. The molecular formula is C16H15BrN2O2S. The maximum atomic E-state index is 11.9. The van der Waals surface area contributed by atoms with Crippen molar-refractivity contribution >= 4 is 50.8 Å². The molecule has 0 fully saturated rings. The Bertz CT molecular complexity index is 710. The second-order valence-corrected chi connectivity index (χ2v) is 6.90. The van der Waals surface area contributed by atoms with E-state index in [0.29, 0.717) is 17.8 Å². The Balaban J connectivity index is 2.01. The number of amides is 2. The molecule has 114 valence electrons. The average Bonchev–Trinajstić information content (AvgIpc) is 2.91. The molecular weight excluding hydrogens is 364 g/mol. The van der Waals surface area contributed by atoms with Crippen LogP contribution in [0.4, 0.5) is 5.69 Å². The van der Waals surface area contributed by atoms with Crippen LogP contribution in [0.25, 0.3) is 6.08 Å². The molecule has 0 saturated carbocycles. The molecule has 2 aromatic rings. The first-order valence-electron chi connectivity index (χ1n) is 6.71. The molecule has 0 unspecified atom stereocenters. The van der Waals surface area contributed by atoms with Gasteiger partial charge in [0.2, 0.25) is 5.91 Å². The van der Waals surface area contributed by atoms with E-state index in [2.05, 4.69) is 26.6 Å². The van der Waals surface area contributed by atoms with Gasteiger partial charge >= 0.3 is 0 Å². The Kier molecular flexibility index (Phi) is 5.91. The molecule has 6 heteroatoms. The molecule has 0 atom stereocenters. The molecule has 0 spiro atoms. The van der Waals surface area contributed by atoms with E-state index >= 15 is 0 Å². The highest BCUT2D eigenvalue weighted by Crippen LogP contribution is 2.23. The number of anilines is 1. The Morgan fingerprint density at radius 2 is 2.09 bits per heavy atom. The molecule has 0 saturated heterocycles. The van der Waals surface area contributed by atoms with Crippen molar-refractivity contribution in [2.45, 2.75) is 6.92 Å². The summed E-state index contributed by atoms with van der Waals surface area (Å²) in [5.41, 5.74) is 1.11. The molecule has 1 aromatic carbocycles. The summed E-state index contributed by atoms with van der Waals surface area (Å²) < 4.78 is 1.02. The Labute approximate surface area is 141 Å². The van der Waals surface area contributed by atoms with Crippen molar-refractivity contribution in [1.82, 2.24) is 5.32 Å². The summed E-state index contributed by atoms with van der Waals surface area (Å²) in [6.07, 6.45) is 3.22. The first-order valence-corrected chi connectivity index (χ1v) is 8.32. The molecule has 4 nitrogen and oxygen atoms in total. The van der Waals surface area contributed by atoms with Gasteiger partial charge in [-0.2, -0.15) is 0 Å². The van der Waals surface area contributed by atoms with Crippen molar-refractivity contribution in [1.29, 1.82) is 0 Å². The third-order valence-electron chi connectivity index (χ3n) is 2.72. The highest BCUT2D eigenvalue weighted by molar-refractivity contribution is 9.11. The number of carbonyl (C=O) groups excluding carboxylic acids is 2. The van der Waals surface area contributed by atoms with Crippen molar-refractivity contribution in [2.75, 3.05) is 11.9 Å². The van der Waals surface area contributed by atoms with Crippen LogP contribution in [0.1, 0.15) is 22.2 Å². The maximum Gasteiger partial charge on any atom is 0.251 e. The molecule has 1 heterocycles. The molecule has 2 rings (SSSR count).